The summed E-state index contributed by atoms with van der Waals surface area (Å²) in [7, 11) is 0. The maximum atomic E-state index is 5.69. The van der Waals surface area contributed by atoms with Crippen molar-refractivity contribution in [2.24, 2.45) is 0 Å². The van der Waals surface area contributed by atoms with Gasteiger partial charge in [0, 0.05) is 0 Å². The second-order valence-electron chi connectivity index (χ2n) is 3.49. The number of benzene rings is 1. The average Bonchev–Trinajstić information content (AvgIpc) is 2.62. The van der Waals surface area contributed by atoms with Crippen molar-refractivity contribution in [1.29, 1.82) is 0 Å². The molecule has 2 rings (SSSR count). The van der Waals surface area contributed by atoms with E-state index in [1.165, 1.54) is 0 Å². The molecule has 0 radical (unpaired) electrons. The molecule has 0 saturated heterocycles. The van der Waals surface area contributed by atoms with Crippen molar-refractivity contribution < 1.29 is 4.42 Å². The first-order valence-corrected chi connectivity index (χ1v) is 10.1. The second-order valence-corrected chi connectivity index (χ2v) is 8.73. The molecule has 0 aliphatic carbocycles. The quantitative estimate of drug-likeness (QED) is 0.625. The zero-order valence-corrected chi connectivity index (χ0v) is 11.3. The minimum atomic E-state index is -1.10. The van der Waals surface area contributed by atoms with Gasteiger partial charge in [0.1, 0.15) is 0 Å². The van der Waals surface area contributed by atoms with Crippen LogP contribution in [0.4, 0.5) is 0 Å². The Bertz CT molecular complexity index is 448. The number of halogens is 1. The fourth-order valence-corrected chi connectivity index (χ4v) is 2.88. The summed E-state index contributed by atoms with van der Waals surface area (Å²) in [4.78, 5) is 9.06. The molecule has 0 amide bonds. The Kier molecular flexibility index (Phi) is 3.09. The van der Waals surface area contributed by atoms with Gasteiger partial charge >= 0.3 is 97.3 Å². The van der Waals surface area contributed by atoms with E-state index in [1.54, 1.807) is 0 Å². The normalized spacial score (nSPS) is 11.5. The molecule has 3 heteroatoms. The molecule has 1 aromatic carbocycles. The average molecular weight is 315 g/mol. The van der Waals surface area contributed by atoms with E-state index in [0.29, 0.717) is 0 Å². The fraction of sp³-hybridized carbons (Fsp3) is 0.250. The van der Waals surface area contributed by atoms with Gasteiger partial charge in [0.2, 0.25) is 0 Å². The van der Waals surface area contributed by atoms with E-state index in [1.807, 2.05) is 25.1 Å². The topological polar surface area (TPSA) is 26.0 Å². The van der Waals surface area contributed by atoms with Gasteiger partial charge in [-0.25, -0.2) is 0 Å². The van der Waals surface area contributed by atoms with Crippen molar-refractivity contribution in [3.63, 3.8) is 0 Å². The SMILES string of the molecule is Cc1oc(I(C)C)nc1-c1ccccc1. The molecule has 0 aliphatic rings. The van der Waals surface area contributed by atoms with Gasteiger partial charge in [0.25, 0.3) is 0 Å². The molecule has 0 unspecified atom stereocenters. The number of aromatic nitrogens is 1. The Morgan fingerprint density at radius 1 is 1.13 bits per heavy atom. The maximum absolute atomic E-state index is 5.69. The number of aryl methyl sites for hydroxylation is 1. The van der Waals surface area contributed by atoms with Crippen LogP contribution in [0, 0.1) is 10.8 Å². The third-order valence-corrected chi connectivity index (χ3v) is 4.45. The van der Waals surface area contributed by atoms with Gasteiger partial charge in [-0.2, -0.15) is 0 Å². The zero-order chi connectivity index (χ0) is 10.8. The molecule has 1 heterocycles. The Hall–Kier alpha value is -0.840. The molecule has 0 bridgehead atoms. The van der Waals surface area contributed by atoms with Gasteiger partial charge in [-0.1, -0.05) is 0 Å². The van der Waals surface area contributed by atoms with Crippen LogP contribution in [0.1, 0.15) is 5.76 Å². The molecule has 1 aromatic heterocycles. The van der Waals surface area contributed by atoms with Crippen LogP contribution in [0.15, 0.2) is 34.7 Å². The Balaban J connectivity index is 2.45. The van der Waals surface area contributed by atoms with E-state index in [-0.39, 0.29) is 0 Å². The molecular formula is C12H14INO. The van der Waals surface area contributed by atoms with Gasteiger partial charge < -0.3 is 0 Å². The first-order chi connectivity index (χ1) is 7.18. The Morgan fingerprint density at radius 3 is 2.33 bits per heavy atom. The van der Waals surface area contributed by atoms with Crippen LogP contribution in [0.2, 0.25) is 0 Å². The van der Waals surface area contributed by atoms with Gasteiger partial charge in [-0.15, -0.1) is 0 Å². The van der Waals surface area contributed by atoms with Crippen LogP contribution in [0.25, 0.3) is 11.3 Å². The molecule has 0 fully saturated rings. The van der Waals surface area contributed by atoms with Crippen molar-refractivity contribution >= 4 is 19.8 Å². The predicted octanol–water partition coefficient (Wildman–Crippen LogP) is 3.59. The zero-order valence-electron chi connectivity index (χ0n) is 9.12. The van der Waals surface area contributed by atoms with Crippen LogP contribution in [-0.4, -0.2) is 14.8 Å². The van der Waals surface area contributed by atoms with Crippen molar-refractivity contribution in [3.05, 3.63) is 40.0 Å². The summed E-state index contributed by atoms with van der Waals surface area (Å²) < 4.78 is 6.66. The Morgan fingerprint density at radius 2 is 1.80 bits per heavy atom. The summed E-state index contributed by atoms with van der Waals surface area (Å²) in [5.41, 5.74) is 2.14. The summed E-state index contributed by atoms with van der Waals surface area (Å²) in [6.45, 7) is 1.98. The number of rotatable bonds is 2. The fourth-order valence-electron chi connectivity index (χ4n) is 1.39. The molecule has 2 aromatic rings. The predicted molar refractivity (Wildman–Crippen MR) is 71.2 cm³/mol. The van der Waals surface area contributed by atoms with E-state index in [9.17, 15) is 0 Å². The second kappa shape index (κ2) is 4.35. The number of oxazole rings is 1. The van der Waals surface area contributed by atoms with Crippen molar-refractivity contribution in [2.75, 3.05) is 9.86 Å². The van der Waals surface area contributed by atoms with E-state index >= 15 is 0 Å². The Labute approximate surface area is 97.1 Å². The third-order valence-electron chi connectivity index (χ3n) is 2.14. The number of alkyl halides is 2. The summed E-state index contributed by atoms with van der Waals surface area (Å²) in [6, 6.07) is 10.2. The van der Waals surface area contributed by atoms with Gasteiger partial charge in [-0.05, 0) is 0 Å². The van der Waals surface area contributed by atoms with E-state index in [0.717, 1.165) is 20.9 Å². The first-order valence-electron chi connectivity index (χ1n) is 4.71. The molecule has 0 N–H and O–H groups in total. The molecule has 0 aliphatic heterocycles. The summed E-state index contributed by atoms with van der Waals surface area (Å²) in [5, 5.41) is 0. The van der Waals surface area contributed by atoms with Gasteiger partial charge in [0.15, 0.2) is 0 Å². The van der Waals surface area contributed by atoms with Crippen LogP contribution in [0.5, 0.6) is 0 Å². The van der Waals surface area contributed by atoms with Crippen molar-refractivity contribution in [3.8, 4) is 11.3 Å². The van der Waals surface area contributed by atoms with E-state index < -0.39 is 19.8 Å². The van der Waals surface area contributed by atoms with Crippen LogP contribution >= 0.6 is 19.8 Å². The molecule has 0 saturated carbocycles. The van der Waals surface area contributed by atoms with Gasteiger partial charge in [0.05, 0.1) is 0 Å². The molecule has 0 atom stereocenters. The van der Waals surface area contributed by atoms with Crippen LogP contribution in [-0.2, 0) is 0 Å². The molecular weight excluding hydrogens is 301 g/mol. The molecule has 80 valence electrons. The minimum absolute atomic E-state index is 0.933. The number of nitrogens with zero attached hydrogens (tertiary/aromatic N) is 1. The standard InChI is InChI=1S/C12H14INO/c1-9-11(10-7-5-4-6-8-10)14-12(15-9)13(2)3/h4-8H,1-3H3. The van der Waals surface area contributed by atoms with Crippen molar-refractivity contribution in [2.45, 2.75) is 6.92 Å². The molecule has 15 heavy (non-hydrogen) atoms. The van der Waals surface area contributed by atoms with Gasteiger partial charge in [-0.3, -0.25) is 0 Å². The summed E-state index contributed by atoms with van der Waals surface area (Å²) >= 11 is -1.10. The van der Waals surface area contributed by atoms with E-state index in [2.05, 4.69) is 27.0 Å². The number of hydrogen-bond donors (Lipinski definition) is 0. The molecule has 0 spiro atoms. The van der Waals surface area contributed by atoms with Crippen molar-refractivity contribution in [1.82, 2.24) is 4.98 Å². The number of hydrogen-bond acceptors (Lipinski definition) is 2. The van der Waals surface area contributed by atoms with Crippen LogP contribution in [0.3, 0.4) is 0 Å². The summed E-state index contributed by atoms with van der Waals surface area (Å²) in [6.07, 6.45) is 0. The van der Waals surface area contributed by atoms with Crippen LogP contribution < -0.4 is 0 Å². The summed E-state index contributed by atoms with van der Waals surface area (Å²) in [5.74, 6) is 0.933. The first kappa shape index (κ1) is 10.7. The molecule has 2 nitrogen and oxygen atoms in total. The third kappa shape index (κ3) is 2.22. The van der Waals surface area contributed by atoms with E-state index in [4.69, 9.17) is 4.42 Å². The monoisotopic (exact) mass is 315 g/mol.